The number of hydrogen-bond donors (Lipinski definition) is 0. The van der Waals surface area contributed by atoms with Crippen molar-refractivity contribution in [2.45, 2.75) is 52.6 Å². The van der Waals surface area contributed by atoms with E-state index in [2.05, 4.69) is 41.6 Å². The van der Waals surface area contributed by atoms with E-state index in [9.17, 15) is 0 Å². The molecule has 0 spiro atoms. The first-order valence-electron chi connectivity index (χ1n) is 8.40. The first kappa shape index (κ1) is 15.0. The molecule has 1 aromatic rings. The van der Waals surface area contributed by atoms with Gasteiger partial charge >= 0.3 is 0 Å². The first-order chi connectivity index (χ1) is 10.0. The monoisotopic (exact) mass is 287 g/mol. The highest BCUT2D eigenvalue weighted by Gasteiger charge is 2.35. The fourth-order valence-electron chi connectivity index (χ4n) is 3.89. The minimum atomic E-state index is 0.562. The third-order valence-corrected chi connectivity index (χ3v) is 5.36. The van der Waals surface area contributed by atoms with Gasteiger partial charge in [0.25, 0.3) is 0 Å². The van der Waals surface area contributed by atoms with Gasteiger partial charge in [-0.15, -0.1) is 0 Å². The lowest BCUT2D eigenvalue weighted by Gasteiger charge is -2.38. The SMILES string of the molecule is Cc1cccnc1CN1CCN(C2CCC(C)(C)C2)CC1. The minimum Gasteiger partial charge on any atom is -0.298 e. The van der Waals surface area contributed by atoms with Gasteiger partial charge in [0.05, 0.1) is 5.69 Å². The van der Waals surface area contributed by atoms with Crippen molar-refractivity contribution in [3.05, 3.63) is 29.6 Å². The molecule has 21 heavy (non-hydrogen) atoms. The predicted octanol–water partition coefficient (Wildman–Crippen LogP) is 3.09. The van der Waals surface area contributed by atoms with Crippen LogP contribution >= 0.6 is 0 Å². The van der Waals surface area contributed by atoms with Crippen molar-refractivity contribution in [2.75, 3.05) is 26.2 Å². The Bertz CT molecular complexity index is 475. The Morgan fingerprint density at radius 1 is 1.24 bits per heavy atom. The molecule has 1 saturated carbocycles. The molecule has 0 amide bonds. The van der Waals surface area contributed by atoms with E-state index in [4.69, 9.17) is 0 Å². The maximum absolute atomic E-state index is 4.53. The third-order valence-electron chi connectivity index (χ3n) is 5.36. The summed E-state index contributed by atoms with van der Waals surface area (Å²) in [4.78, 5) is 9.83. The van der Waals surface area contributed by atoms with Crippen molar-refractivity contribution in [1.29, 1.82) is 0 Å². The Kier molecular flexibility index (Phi) is 4.32. The standard InChI is InChI=1S/C18H29N3/c1-15-5-4-8-19-17(15)14-20-9-11-21(12-10-20)16-6-7-18(2,3)13-16/h4-5,8,16H,6-7,9-14H2,1-3H3. The molecule has 0 bridgehead atoms. The Balaban J connectivity index is 1.51. The largest absolute Gasteiger partial charge is 0.298 e. The van der Waals surface area contributed by atoms with Crippen LogP contribution in [0.15, 0.2) is 18.3 Å². The highest BCUT2D eigenvalue weighted by atomic mass is 15.3. The van der Waals surface area contributed by atoms with Gasteiger partial charge in [-0.2, -0.15) is 0 Å². The molecule has 1 aliphatic heterocycles. The third kappa shape index (κ3) is 3.64. The molecule has 1 aromatic heterocycles. The lowest BCUT2D eigenvalue weighted by atomic mass is 9.91. The zero-order chi connectivity index (χ0) is 14.9. The van der Waals surface area contributed by atoms with Gasteiger partial charge in [0, 0.05) is 45.0 Å². The van der Waals surface area contributed by atoms with Crippen molar-refractivity contribution in [2.24, 2.45) is 5.41 Å². The quantitative estimate of drug-likeness (QED) is 0.851. The summed E-state index contributed by atoms with van der Waals surface area (Å²) in [5.74, 6) is 0. The van der Waals surface area contributed by atoms with Gasteiger partial charge < -0.3 is 0 Å². The topological polar surface area (TPSA) is 19.4 Å². The van der Waals surface area contributed by atoms with Crippen LogP contribution in [0.5, 0.6) is 0 Å². The summed E-state index contributed by atoms with van der Waals surface area (Å²) in [6.45, 7) is 12.9. The summed E-state index contributed by atoms with van der Waals surface area (Å²) in [6.07, 6.45) is 6.09. The highest BCUT2D eigenvalue weighted by Crippen LogP contribution is 2.39. The average Bonchev–Trinajstić information content (AvgIpc) is 2.83. The molecule has 1 aliphatic carbocycles. The van der Waals surface area contributed by atoms with Crippen LogP contribution in [0.2, 0.25) is 0 Å². The number of piperazine rings is 1. The molecule has 0 aromatic carbocycles. The van der Waals surface area contributed by atoms with Crippen LogP contribution in [0, 0.1) is 12.3 Å². The van der Waals surface area contributed by atoms with Crippen LogP contribution in [0.4, 0.5) is 0 Å². The van der Waals surface area contributed by atoms with E-state index in [1.165, 1.54) is 56.7 Å². The van der Waals surface area contributed by atoms with Gasteiger partial charge in [-0.05, 0) is 43.2 Å². The van der Waals surface area contributed by atoms with Crippen LogP contribution in [0.25, 0.3) is 0 Å². The molecule has 1 unspecified atom stereocenters. The molecular weight excluding hydrogens is 258 g/mol. The zero-order valence-corrected chi connectivity index (χ0v) is 13.8. The number of hydrogen-bond acceptors (Lipinski definition) is 3. The molecule has 3 heteroatoms. The number of rotatable bonds is 3. The number of aromatic nitrogens is 1. The molecule has 2 fully saturated rings. The van der Waals surface area contributed by atoms with Crippen molar-refractivity contribution in [3.8, 4) is 0 Å². The fraction of sp³-hybridized carbons (Fsp3) is 0.722. The molecule has 1 saturated heterocycles. The predicted molar refractivity (Wildman–Crippen MR) is 87.2 cm³/mol. The summed E-state index contributed by atoms with van der Waals surface area (Å²) in [6, 6.07) is 5.02. The van der Waals surface area contributed by atoms with Crippen LogP contribution < -0.4 is 0 Å². The van der Waals surface area contributed by atoms with Gasteiger partial charge in [-0.25, -0.2) is 0 Å². The molecule has 1 atom stereocenters. The average molecular weight is 287 g/mol. The first-order valence-corrected chi connectivity index (χ1v) is 8.40. The van der Waals surface area contributed by atoms with Gasteiger partial charge in [0.1, 0.15) is 0 Å². The molecule has 3 rings (SSSR count). The van der Waals surface area contributed by atoms with E-state index in [0.29, 0.717) is 5.41 Å². The normalized spacial score (nSPS) is 27.1. The lowest BCUT2D eigenvalue weighted by Crippen LogP contribution is -2.49. The second-order valence-corrected chi connectivity index (χ2v) is 7.64. The minimum absolute atomic E-state index is 0.562. The Morgan fingerprint density at radius 3 is 2.62 bits per heavy atom. The molecule has 0 N–H and O–H groups in total. The number of aryl methyl sites for hydroxylation is 1. The van der Waals surface area contributed by atoms with Crippen molar-refractivity contribution in [1.82, 2.24) is 14.8 Å². The van der Waals surface area contributed by atoms with E-state index in [1.54, 1.807) is 0 Å². The van der Waals surface area contributed by atoms with Crippen LogP contribution in [0.3, 0.4) is 0 Å². The van der Waals surface area contributed by atoms with E-state index < -0.39 is 0 Å². The Morgan fingerprint density at radius 2 is 2.00 bits per heavy atom. The maximum atomic E-state index is 4.53. The Labute approximate surface area is 129 Å². The summed E-state index contributed by atoms with van der Waals surface area (Å²) in [7, 11) is 0. The van der Waals surface area contributed by atoms with E-state index in [1.807, 2.05) is 12.3 Å². The summed E-state index contributed by atoms with van der Waals surface area (Å²) >= 11 is 0. The Hall–Kier alpha value is -0.930. The molecule has 2 aliphatic rings. The summed E-state index contributed by atoms with van der Waals surface area (Å²) in [5.41, 5.74) is 3.12. The van der Waals surface area contributed by atoms with E-state index in [-0.39, 0.29) is 0 Å². The van der Waals surface area contributed by atoms with Crippen LogP contribution in [-0.2, 0) is 6.54 Å². The molecule has 0 radical (unpaired) electrons. The smallest absolute Gasteiger partial charge is 0.0573 e. The molecule has 116 valence electrons. The summed E-state index contributed by atoms with van der Waals surface area (Å²) in [5, 5.41) is 0. The van der Waals surface area contributed by atoms with Gasteiger partial charge in [0.2, 0.25) is 0 Å². The van der Waals surface area contributed by atoms with Gasteiger partial charge in [-0.3, -0.25) is 14.8 Å². The van der Waals surface area contributed by atoms with Gasteiger partial charge in [-0.1, -0.05) is 19.9 Å². The summed E-state index contributed by atoms with van der Waals surface area (Å²) < 4.78 is 0. The van der Waals surface area contributed by atoms with Crippen molar-refractivity contribution < 1.29 is 0 Å². The van der Waals surface area contributed by atoms with E-state index in [0.717, 1.165) is 12.6 Å². The van der Waals surface area contributed by atoms with Crippen molar-refractivity contribution in [3.63, 3.8) is 0 Å². The van der Waals surface area contributed by atoms with Crippen LogP contribution in [0.1, 0.15) is 44.4 Å². The highest BCUT2D eigenvalue weighted by molar-refractivity contribution is 5.17. The van der Waals surface area contributed by atoms with Crippen molar-refractivity contribution >= 4 is 0 Å². The molecule has 3 nitrogen and oxygen atoms in total. The lowest BCUT2D eigenvalue weighted by molar-refractivity contribution is 0.0888. The second-order valence-electron chi connectivity index (χ2n) is 7.64. The zero-order valence-electron chi connectivity index (χ0n) is 13.8. The number of nitrogens with zero attached hydrogens (tertiary/aromatic N) is 3. The van der Waals surface area contributed by atoms with E-state index >= 15 is 0 Å². The fourth-order valence-corrected chi connectivity index (χ4v) is 3.89. The maximum Gasteiger partial charge on any atom is 0.0573 e. The number of pyridine rings is 1. The molecular formula is C18H29N3. The van der Waals surface area contributed by atoms with Gasteiger partial charge in [0.15, 0.2) is 0 Å². The van der Waals surface area contributed by atoms with Crippen LogP contribution in [-0.4, -0.2) is 47.0 Å². The molecule has 2 heterocycles. The second kappa shape index (κ2) is 6.05.